The van der Waals surface area contributed by atoms with E-state index < -0.39 is 0 Å². The first-order chi connectivity index (χ1) is 7.18. The zero-order valence-electron chi connectivity index (χ0n) is 8.34. The van der Waals surface area contributed by atoms with Crippen LogP contribution in [0.1, 0.15) is 19.8 Å². The van der Waals surface area contributed by atoms with Gasteiger partial charge in [-0.3, -0.25) is 10.1 Å². The third-order valence-corrected chi connectivity index (χ3v) is 2.08. The summed E-state index contributed by atoms with van der Waals surface area (Å²) in [5, 5.41) is 10.3. The normalized spacial score (nSPS) is 16.1. The van der Waals surface area contributed by atoms with E-state index in [0.717, 1.165) is 0 Å². The Morgan fingerprint density at radius 3 is 2.67 bits per heavy atom. The van der Waals surface area contributed by atoms with E-state index in [4.69, 9.17) is 0 Å². The van der Waals surface area contributed by atoms with E-state index in [2.05, 4.69) is 25.5 Å². The maximum absolute atomic E-state index is 11.4. The highest BCUT2D eigenvalue weighted by molar-refractivity contribution is 5.88. The zero-order valence-corrected chi connectivity index (χ0v) is 8.34. The van der Waals surface area contributed by atoms with Crippen molar-refractivity contribution in [3.63, 3.8) is 0 Å². The Morgan fingerprint density at radius 2 is 2.07 bits per heavy atom. The first-order valence-corrected chi connectivity index (χ1v) is 4.69. The van der Waals surface area contributed by atoms with Crippen molar-refractivity contribution in [2.45, 2.75) is 25.4 Å². The topological polar surface area (TPSA) is 79.6 Å². The van der Waals surface area contributed by atoms with Crippen molar-refractivity contribution in [3.8, 4) is 0 Å². The lowest BCUT2D eigenvalue weighted by Crippen LogP contribution is -2.16. The fourth-order valence-corrected chi connectivity index (χ4v) is 1.09. The molecule has 78 valence electrons. The molecule has 1 N–H and O–H groups in total. The smallest absolute Gasteiger partial charge is 0.229 e. The Labute approximate surface area is 86.8 Å². The summed E-state index contributed by atoms with van der Waals surface area (Å²) in [6.45, 7) is 1.89. The largest absolute Gasteiger partial charge is 0.295 e. The Kier molecular flexibility index (Phi) is 2.40. The number of nitrogens with zero attached hydrogens (tertiary/aromatic N) is 4. The summed E-state index contributed by atoms with van der Waals surface area (Å²) in [6, 6.07) is 1.69. The summed E-state index contributed by atoms with van der Waals surface area (Å²) >= 11 is 0. The van der Waals surface area contributed by atoms with Crippen LogP contribution in [0.15, 0.2) is 28.7 Å². The molecule has 1 amide bonds. The van der Waals surface area contributed by atoms with Gasteiger partial charge in [0.25, 0.3) is 0 Å². The van der Waals surface area contributed by atoms with Crippen LogP contribution in [0.25, 0.3) is 0 Å². The number of aromatic nitrogens is 2. The molecule has 0 fully saturated rings. The maximum atomic E-state index is 11.4. The second-order valence-electron chi connectivity index (χ2n) is 3.54. The molecule has 0 aliphatic carbocycles. The Hall–Kier alpha value is -1.85. The van der Waals surface area contributed by atoms with Crippen LogP contribution in [0.4, 0.5) is 5.95 Å². The van der Waals surface area contributed by atoms with Crippen molar-refractivity contribution < 1.29 is 4.79 Å². The highest BCUT2D eigenvalue weighted by Crippen LogP contribution is 2.31. The van der Waals surface area contributed by atoms with Crippen molar-refractivity contribution >= 4 is 11.9 Å². The number of carbonyl (C=O) groups excluding carboxylic acids is 1. The molecule has 0 saturated heterocycles. The third-order valence-electron chi connectivity index (χ3n) is 2.08. The van der Waals surface area contributed by atoms with E-state index in [1.807, 2.05) is 6.92 Å². The van der Waals surface area contributed by atoms with Crippen LogP contribution in [0, 0.1) is 0 Å². The van der Waals surface area contributed by atoms with Crippen LogP contribution in [0.3, 0.4) is 0 Å². The molecule has 6 nitrogen and oxygen atoms in total. The number of rotatable bonds is 4. The van der Waals surface area contributed by atoms with E-state index in [1.54, 1.807) is 18.5 Å². The van der Waals surface area contributed by atoms with Gasteiger partial charge in [-0.2, -0.15) is 10.2 Å². The molecule has 2 heterocycles. The number of carbonyl (C=O) groups is 1. The average molecular weight is 205 g/mol. The van der Waals surface area contributed by atoms with Crippen LogP contribution in [0.2, 0.25) is 0 Å². The molecule has 0 atom stereocenters. The van der Waals surface area contributed by atoms with Gasteiger partial charge in [0.15, 0.2) is 5.66 Å². The first kappa shape index (κ1) is 9.70. The van der Waals surface area contributed by atoms with Gasteiger partial charge in [-0.15, -0.1) is 0 Å². The predicted octanol–water partition coefficient (Wildman–Crippen LogP) is 1.38. The fraction of sp³-hybridized carbons (Fsp3) is 0.444. The standard InChI is InChI=1S/C9H11N5O/c1-9(13-14-9)4-3-7(15)12-8-10-5-2-6-11-8/h2,5-6H,3-4H2,1H3,(H,10,11,12,15). The lowest BCUT2D eigenvalue weighted by molar-refractivity contribution is -0.116. The zero-order chi connectivity index (χ0) is 10.7. The average Bonchev–Trinajstić information content (AvgIpc) is 2.96. The van der Waals surface area contributed by atoms with Crippen molar-refractivity contribution in [1.29, 1.82) is 0 Å². The molecule has 1 aromatic rings. The second-order valence-corrected chi connectivity index (χ2v) is 3.54. The molecule has 0 spiro atoms. The van der Waals surface area contributed by atoms with Gasteiger partial charge in [0.1, 0.15) is 0 Å². The lowest BCUT2D eigenvalue weighted by atomic mass is 10.1. The number of nitrogens with one attached hydrogen (secondary N) is 1. The Morgan fingerprint density at radius 1 is 1.40 bits per heavy atom. The first-order valence-electron chi connectivity index (χ1n) is 4.69. The number of hydrogen-bond donors (Lipinski definition) is 1. The molecule has 6 heteroatoms. The van der Waals surface area contributed by atoms with E-state index in [9.17, 15) is 4.79 Å². The van der Waals surface area contributed by atoms with Crippen molar-refractivity contribution in [2.75, 3.05) is 5.32 Å². The van der Waals surface area contributed by atoms with Gasteiger partial charge in [-0.25, -0.2) is 9.97 Å². The second kappa shape index (κ2) is 3.72. The molecule has 1 aliphatic heterocycles. The van der Waals surface area contributed by atoms with Gasteiger partial charge in [-0.05, 0) is 13.0 Å². The number of amides is 1. The molecule has 2 rings (SSSR count). The number of hydrogen-bond acceptors (Lipinski definition) is 5. The van der Waals surface area contributed by atoms with Crippen LogP contribution in [0.5, 0.6) is 0 Å². The molecular formula is C9H11N5O. The molecule has 1 aromatic heterocycles. The van der Waals surface area contributed by atoms with E-state index in [0.29, 0.717) is 18.8 Å². The van der Waals surface area contributed by atoms with Crippen LogP contribution in [-0.4, -0.2) is 21.5 Å². The fourth-order valence-electron chi connectivity index (χ4n) is 1.09. The van der Waals surface area contributed by atoms with E-state index in [1.165, 1.54) is 0 Å². The minimum atomic E-state index is -0.325. The molecular weight excluding hydrogens is 194 g/mol. The van der Waals surface area contributed by atoms with Gasteiger partial charge >= 0.3 is 0 Å². The monoisotopic (exact) mass is 205 g/mol. The third kappa shape index (κ3) is 2.80. The van der Waals surface area contributed by atoms with Gasteiger partial charge in [0, 0.05) is 25.2 Å². The van der Waals surface area contributed by atoms with E-state index >= 15 is 0 Å². The van der Waals surface area contributed by atoms with E-state index in [-0.39, 0.29) is 11.6 Å². The molecule has 0 unspecified atom stereocenters. The van der Waals surface area contributed by atoms with Gasteiger partial charge in [0.05, 0.1) is 0 Å². The SMILES string of the molecule is CC1(CCC(=O)Nc2ncccn2)N=N1. The molecule has 1 aliphatic rings. The van der Waals surface area contributed by atoms with Crippen LogP contribution < -0.4 is 5.32 Å². The molecule has 0 bridgehead atoms. The minimum Gasteiger partial charge on any atom is -0.295 e. The molecule has 0 saturated carbocycles. The van der Waals surface area contributed by atoms with Gasteiger partial charge in [-0.1, -0.05) is 0 Å². The summed E-state index contributed by atoms with van der Waals surface area (Å²) < 4.78 is 0. The Bertz CT molecular complexity index is 383. The Balaban J connectivity index is 1.77. The predicted molar refractivity (Wildman–Crippen MR) is 53.2 cm³/mol. The molecule has 0 aromatic carbocycles. The summed E-state index contributed by atoms with van der Waals surface area (Å²) in [6.07, 6.45) is 4.17. The van der Waals surface area contributed by atoms with Gasteiger partial charge < -0.3 is 0 Å². The van der Waals surface area contributed by atoms with Crippen molar-refractivity contribution in [3.05, 3.63) is 18.5 Å². The highest BCUT2D eigenvalue weighted by Gasteiger charge is 2.33. The maximum Gasteiger partial charge on any atom is 0.229 e. The molecule has 0 radical (unpaired) electrons. The van der Waals surface area contributed by atoms with Crippen LogP contribution >= 0.6 is 0 Å². The van der Waals surface area contributed by atoms with Crippen molar-refractivity contribution in [1.82, 2.24) is 9.97 Å². The summed E-state index contributed by atoms with van der Waals surface area (Å²) in [4.78, 5) is 19.2. The quantitative estimate of drug-likeness (QED) is 0.806. The minimum absolute atomic E-state index is 0.111. The van der Waals surface area contributed by atoms with Crippen molar-refractivity contribution in [2.24, 2.45) is 10.2 Å². The summed E-state index contributed by atoms with van der Waals surface area (Å²) in [7, 11) is 0. The van der Waals surface area contributed by atoms with Gasteiger partial charge in [0.2, 0.25) is 11.9 Å². The summed E-state index contributed by atoms with van der Waals surface area (Å²) in [5.41, 5.74) is -0.325. The lowest BCUT2D eigenvalue weighted by Gasteiger charge is -2.04. The number of anilines is 1. The highest BCUT2D eigenvalue weighted by atomic mass is 16.1. The summed E-state index contributed by atoms with van der Waals surface area (Å²) in [5.74, 6) is 0.219. The molecule has 15 heavy (non-hydrogen) atoms. The van der Waals surface area contributed by atoms with Crippen LogP contribution in [-0.2, 0) is 4.79 Å².